The maximum Gasteiger partial charge on any atom is 0.338 e. The van der Waals surface area contributed by atoms with Crippen LogP contribution in [0.3, 0.4) is 0 Å². The molecule has 0 unspecified atom stereocenters. The molecule has 2 heteroatoms. The molecule has 0 fully saturated rings. The second kappa shape index (κ2) is 6.37. The molecule has 0 N–H and O–H groups in total. The number of ether oxygens (including phenoxy) is 1. The molecular weight excluding hydrogens is 236 g/mol. The fourth-order valence-electron chi connectivity index (χ4n) is 2.23. The molecule has 0 radical (unpaired) electrons. The maximum atomic E-state index is 11.5. The van der Waals surface area contributed by atoms with Gasteiger partial charge >= 0.3 is 5.97 Å². The van der Waals surface area contributed by atoms with Crippen LogP contribution in [0.25, 0.3) is 0 Å². The number of benzene rings is 1. The van der Waals surface area contributed by atoms with E-state index in [1.54, 1.807) is 0 Å². The van der Waals surface area contributed by atoms with Gasteiger partial charge in [0, 0.05) is 0 Å². The molecule has 1 aliphatic carbocycles. The van der Waals surface area contributed by atoms with Crippen LogP contribution in [0.4, 0.5) is 0 Å². The standard InChI is InChI=1S/C17H20O2/c1-3-19-17(18)16-10-8-14(9-11-16)6-7-15-5-4-13(2)12-15/h4-5,8-11H,3,6-7,12H2,1-2H3. The topological polar surface area (TPSA) is 26.3 Å². The minimum absolute atomic E-state index is 0.243. The predicted molar refractivity (Wildman–Crippen MR) is 77.2 cm³/mol. The van der Waals surface area contributed by atoms with E-state index in [0.717, 1.165) is 19.3 Å². The Bertz CT molecular complexity index is 507. The molecule has 0 amide bonds. The molecule has 2 rings (SSSR count). The lowest BCUT2D eigenvalue weighted by Gasteiger charge is -2.05. The van der Waals surface area contributed by atoms with Gasteiger partial charge in [-0.1, -0.05) is 35.4 Å². The van der Waals surface area contributed by atoms with Crippen LogP contribution >= 0.6 is 0 Å². The molecule has 0 bridgehead atoms. The first-order valence-electron chi connectivity index (χ1n) is 6.80. The first-order chi connectivity index (χ1) is 9.19. The van der Waals surface area contributed by atoms with Crippen LogP contribution in [0.15, 0.2) is 47.6 Å². The molecule has 0 atom stereocenters. The summed E-state index contributed by atoms with van der Waals surface area (Å²) < 4.78 is 4.97. The van der Waals surface area contributed by atoms with Gasteiger partial charge in [0.25, 0.3) is 0 Å². The van der Waals surface area contributed by atoms with Crippen molar-refractivity contribution in [1.29, 1.82) is 0 Å². The normalized spacial score (nSPS) is 14.0. The third-order valence-electron chi connectivity index (χ3n) is 3.31. The summed E-state index contributed by atoms with van der Waals surface area (Å²) in [6.45, 7) is 4.40. The van der Waals surface area contributed by atoms with Gasteiger partial charge in [0.15, 0.2) is 0 Å². The monoisotopic (exact) mass is 256 g/mol. The molecule has 0 heterocycles. The lowest BCUT2D eigenvalue weighted by atomic mass is 10.0. The average Bonchev–Trinajstić information content (AvgIpc) is 2.83. The fraction of sp³-hybridized carbons (Fsp3) is 0.353. The molecule has 0 aromatic heterocycles. The van der Waals surface area contributed by atoms with Crippen molar-refractivity contribution in [3.05, 3.63) is 58.7 Å². The highest BCUT2D eigenvalue weighted by molar-refractivity contribution is 5.89. The molecule has 0 aliphatic heterocycles. The first kappa shape index (κ1) is 13.6. The van der Waals surface area contributed by atoms with E-state index in [1.807, 2.05) is 31.2 Å². The van der Waals surface area contributed by atoms with Crippen LogP contribution in [0.1, 0.15) is 42.6 Å². The van der Waals surface area contributed by atoms with Gasteiger partial charge in [0.05, 0.1) is 12.2 Å². The molecule has 0 spiro atoms. The van der Waals surface area contributed by atoms with Crippen molar-refractivity contribution in [2.24, 2.45) is 0 Å². The maximum absolute atomic E-state index is 11.5. The Kier molecular flexibility index (Phi) is 4.56. The van der Waals surface area contributed by atoms with E-state index in [9.17, 15) is 4.79 Å². The van der Waals surface area contributed by atoms with E-state index in [4.69, 9.17) is 4.74 Å². The quantitative estimate of drug-likeness (QED) is 0.742. The van der Waals surface area contributed by atoms with Crippen LogP contribution in [0.2, 0.25) is 0 Å². The van der Waals surface area contributed by atoms with E-state index >= 15 is 0 Å². The molecule has 1 aliphatic rings. The number of rotatable bonds is 5. The summed E-state index contributed by atoms with van der Waals surface area (Å²) in [6.07, 6.45) is 7.64. The lowest BCUT2D eigenvalue weighted by molar-refractivity contribution is 0.0526. The second-order valence-electron chi connectivity index (χ2n) is 4.93. The second-order valence-corrected chi connectivity index (χ2v) is 4.93. The molecule has 0 saturated heterocycles. The van der Waals surface area contributed by atoms with Crippen molar-refractivity contribution in [3.63, 3.8) is 0 Å². The summed E-state index contributed by atoms with van der Waals surface area (Å²) in [4.78, 5) is 11.5. The van der Waals surface area contributed by atoms with E-state index < -0.39 is 0 Å². The van der Waals surface area contributed by atoms with Gasteiger partial charge in [0.1, 0.15) is 0 Å². The third-order valence-corrected chi connectivity index (χ3v) is 3.31. The summed E-state index contributed by atoms with van der Waals surface area (Å²) in [6, 6.07) is 7.73. The Balaban J connectivity index is 1.87. The summed E-state index contributed by atoms with van der Waals surface area (Å²) >= 11 is 0. The van der Waals surface area contributed by atoms with Crippen molar-refractivity contribution >= 4 is 5.97 Å². The van der Waals surface area contributed by atoms with E-state index in [0.29, 0.717) is 12.2 Å². The highest BCUT2D eigenvalue weighted by atomic mass is 16.5. The zero-order valence-corrected chi connectivity index (χ0v) is 11.6. The number of esters is 1. The zero-order chi connectivity index (χ0) is 13.7. The van der Waals surface area contributed by atoms with Gasteiger partial charge in [-0.2, -0.15) is 0 Å². The van der Waals surface area contributed by atoms with Gasteiger partial charge in [-0.15, -0.1) is 0 Å². The van der Waals surface area contributed by atoms with Crippen molar-refractivity contribution in [2.45, 2.75) is 33.1 Å². The van der Waals surface area contributed by atoms with Crippen LogP contribution < -0.4 is 0 Å². The van der Waals surface area contributed by atoms with Crippen molar-refractivity contribution < 1.29 is 9.53 Å². The first-order valence-corrected chi connectivity index (χ1v) is 6.80. The summed E-state index contributed by atoms with van der Waals surface area (Å²) in [5.74, 6) is -0.243. The third kappa shape index (κ3) is 3.82. The molecule has 2 nitrogen and oxygen atoms in total. The lowest BCUT2D eigenvalue weighted by Crippen LogP contribution is -2.04. The highest BCUT2D eigenvalue weighted by Crippen LogP contribution is 2.22. The molecule has 1 aromatic carbocycles. The zero-order valence-electron chi connectivity index (χ0n) is 11.6. The van der Waals surface area contributed by atoms with Gasteiger partial charge < -0.3 is 4.74 Å². The van der Waals surface area contributed by atoms with Gasteiger partial charge in [-0.3, -0.25) is 0 Å². The minimum Gasteiger partial charge on any atom is -0.462 e. The summed E-state index contributed by atoms with van der Waals surface area (Å²) in [7, 11) is 0. The highest BCUT2D eigenvalue weighted by Gasteiger charge is 2.07. The van der Waals surface area contributed by atoms with Crippen LogP contribution in [-0.2, 0) is 11.2 Å². The van der Waals surface area contributed by atoms with Gasteiger partial charge in [0.2, 0.25) is 0 Å². The number of hydrogen-bond acceptors (Lipinski definition) is 2. The van der Waals surface area contributed by atoms with Gasteiger partial charge in [-0.25, -0.2) is 4.79 Å². The average molecular weight is 256 g/mol. The van der Waals surface area contributed by atoms with Crippen molar-refractivity contribution in [2.75, 3.05) is 6.61 Å². The molecule has 1 aromatic rings. The van der Waals surface area contributed by atoms with Crippen LogP contribution in [0, 0.1) is 0 Å². The Morgan fingerprint density at radius 1 is 1.16 bits per heavy atom. The molecule has 19 heavy (non-hydrogen) atoms. The van der Waals surface area contributed by atoms with Crippen LogP contribution in [0.5, 0.6) is 0 Å². The SMILES string of the molecule is CCOC(=O)c1ccc(CCC2=CC=C(C)C2)cc1. The summed E-state index contributed by atoms with van der Waals surface area (Å²) in [5, 5.41) is 0. The number of aryl methyl sites for hydroxylation is 1. The molecule has 0 saturated carbocycles. The Hall–Kier alpha value is -1.83. The fourth-order valence-corrected chi connectivity index (χ4v) is 2.23. The number of hydrogen-bond donors (Lipinski definition) is 0. The Morgan fingerprint density at radius 3 is 2.47 bits per heavy atom. The van der Waals surface area contributed by atoms with Crippen molar-refractivity contribution in [1.82, 2.24) is 0 Å². The Morgan fingerprint density at radius 2 is 1.89 bits per heavy atom. The van der Waals surface area contributed by atoms with E-state index in [2.05, 4.69) is 19.1 Å². The largest absolute Gasteiger partial charge is 0.462 e. The molecule has 100 valence electrons. The predicted octanol–water partition coefficient (Wildman–Crippen LogP) is 4.07. The Labute approximate surface area is 114 Å². The van der Waals surface area contributed by atoms with Crippen LogP contribution in [-0.4, -0.2) is 12.6 Å². The van der Waals surface area contributed by atoms with E-state index in [1.165, 1.54) is 16.7 Å². The van der Waals surface area contributed by atoms with Crippen molar-refractivity contribution in [3.8, 4) is 0 Å². The van der Waals surface area contributed by atoms with Gasteiger partial charge in [-0.05, 0) is 50.8 Å². The number of allylic oxidation sites excluding steroid dienone is 4. The smallest absolute Gasteiger partial charge is 0.338 e. The molecular formula is C17H20O2. The number of carbonyl (C=O) groups is 1. The summed E-state index contributed by atoms with van der Waals surface area (Å²) in [5.41, 5.74) is 4.82. The minimum atomic E-state index is -0.243. The van der Waals surface area contributed by atoms with E-state index in [-0.39, 0.29) is 5.97 Å². The number of carbonyl (C=O) groups excluding carboxylic acids is 1.